The molecule has 1 atom stereocenters. The second-order valence-electron chi connectivity index (χ2n) is 6.78. The SMILES string of the molecule is CC(Sc1nnnn1-c1ccccc1)C(=O)N(c1nccs1)C1CCCCC1. The molecule has 2 heterocycles. The predicted molar refractivity (Wildman–Crippen MR) is 111 cm³/mol. The van der Waals surface area contributed by atoms with E-state index in [0.29, 0.717) is 5.16 Å². The van der Waals surface area contributed by atoms with Crippen LogP contribution in [0.5, 0.6) is 0 Å². The van der Waals surface area contributed by atoms with Gasteiger partial charge in [-0.2, -0.15) is 4.68 Å². The summed E-state index contributed by atoms with van der Waals surface area (Å²) in [5.41, 5.74) is 0.874. The van der Waals surface area contributed by atoms with Crippen molar-refractivity contribution >= 4 is 34.1 Å². The van der Waals surface area contributed by atoms with Crippen molar-refractivity contribution in [3.63, 3.8) is 0 Å². The Morgan fingerprint density at radius 3 is 2.75 bits per heavy atom. The van der Waals surface area contributed by atoms with Crippen LogP contribution in [0.2, 0.25) is 0 Å². The molecule has 1 aliphatic rings. The average molecular weight is 415 g/mol. The lowest BCUT2D eigenvalue weighted by molar-refractivity contribution is -0.118. The number of hydrogen-bond donors (Lipinski definition) is 0. The molecule has 7 nitrogen and oxygen atoms in total. The first-order valence-electron chi connectivity index (χ1n) is 9.47. The third-order valence-electron chi connectivity index (χ3n) is 4.87. The Bertz CT molecular complexity index is 892. The second kappa shape index (κ2) is 8.83. The molecule has 1 fully saturated rings. The van der Waals surface area contributed by atoms with Gasteiger partial charge in [0.15, 0.2) is 5.13 Å². The van der Waals surface area contributed by atoms with E-state index in [2.05, 4.69) is 20.5 Å². The summed E-state index contributed by atoms with van der Waals surface area (Å²) in [4.78, 5) is 19.7. The fraction of sp³-hybridized carbons (Fsp3) is 0.421. The molecule has 4 rings (SSSR count). The van der Waals surface area contributed by atoms with Crippen molar-refractivity contribution in [2.45, 2.75) is 55.5 Å². The van der Waals surface area contributed by atoms with Gasteiger partial charge in [0.2, 0.25) is 11.1 Å². The molecule has 0 N–H and O–H groups in total. The number of amides is 1. The largest absolute Gasteiger partial charge is 0.284 e. The fourth-order valence-corrected chi connectivity index (χ4v) is 5.07. The van der Waals surface area contributed by atoms with E-state index in [0.717, 1.165) is 36.5 Å². The summed E-state index contributed by atoms with van der Waals surface area (Å²) in [7, 11) is 0. The van der Waals surface area contributed by atoms with Crippen LogP contribution < -0.4 is 4.90 Å². The van der Waals surface area contributed by atoms with Gasteiger partial charge in [-0.3, -0.25) is 9.69 Å². The molecule has 0 aliphatic heterocycles. The molecule has 28 heavy (non-hydrogen) atoms. The lowest BCUT2D eigenvalue weighted by Gasteiger charge is -2.33. The van der Waals surface area contributed by atoms with Gasteiger partial charge in [0, 0.05) is 17.6 Å². The molecular formula is C19H22N6OS2. The van der Waals surface area contributed by atoms with Gasteiger partial charge in [-0.1, -0.05) is 49.2 Å². The highest BCUT2D eigenvalue weighted by molar-refractivity contribution is 8.00. The van der Waals surface area contributed by atoms with Crippen molar-refractivity contribution in [1.29, 1.82) is 0 Å². The minimum atomic E-state index is -0.320. The van der Waals surface area contributed by atoms with Crippen molar-refractivity contribution < 1.29 is 4.79 Å². The first-order chi connectivity index (χ1) is 13.7. The van der Waals surface area contributed by atoms with E-state index < -0.39 is 0 Å². The summed E-state index contributed by atoms with van der Waals surface area (Å²) in [6.07, 6.45) is 7.39. The number of tetrazole rings is 1. The van der Waals surface area contributed by atoms with Crippen molar-refractivity contribution in [2.75, 3.05) is 4.90 Å². The van der Waals surface area contributed by atoms with E-state index in [9.17, 15) is 4.79 Å². The normalized spacial score (nSPS) is 16.0. The van der Waals surface area contributed by atoms with E-state index in [-0.39, 0.29) is 17.2 Å². The van der Waals surface area contributed by atoms with Gasteiger partial charge in [0.1, 0.15) is 0 Å². The summed E-state index contributed by atoms with van der Waals surface area (Å²) < 4.78 is 1.67. The van der Waals surface area contributed by atoms with Crippen molar-refractivity contribution in [3.8, 4) is 5.69 Å². The Morgan fingerprint density at radius 2 is 2.04 bits per heavy atom. The molecule has 1 aliphatic carbocycles. The molecule has 0 spiro atoms. The van der Waals surface area contributed by atoms with Gasteiger partial charge < -0.3 is 0 Å². The van der Waals surface area contributed by atoms with Crippen LogP contribution in [-0.2, 0) is 4.79 Å². The van der Waals surface area contributed by atoms with Crippen LogP contribution in [0.15, 0.2) is 47.1 Å². The van der Waals surface area contributed by atoms with E-state index in [1.54, 1.807) is 10.9 Å². The number of para-hydroxylation sites is 1. The number of anilines is 1. The topological polar surface area (TPSA) is 76.8 Å². The number of benzene rings is 1. The van der Waals surface area contributed by atoms with Crippen LogP contribution in [0, 0.1) is 0 Å². The van der Waals surface area contributed by atoms with Gasteiger partial charge in [0.25, 0.3) is 0 Å². The molecular weight excluding hydrogens is 392 g/mol. The Morgan fingerprint density at radius 1 is 1.25 bits per heavy atom. The number of carbonyl (C=O) groups excluding carboxylic acids is 1. The van der Waals surface area contributed by atoms with Crippen LogP contribution in [0.1, 0.15) is 39.0 Å². The molecule has 146 valence electrons. The molecule has 0 radical (unpaired) electrons. The minimum Gasteiger partial charge on any atom is -0.284 e. The Balaban J connectivity index is 1.54. The van der Waals surface area contributed by atoms with Crippen LogP contribution in [0.25, 0.3) is 5.69 Å². The van der Waals surface area contributed by atoms with Gasteiger partial charge in [-0.05, 0) is 42.3 Å². The van der Waals surface area contributed by atoms with Gasteiger partial charge >= 0.3 is 0 Å². The first kappa shape index (κ1) is 19.1. The molecule has 1 amide bonds. The molecule has 1 aromatic carbocycles. The Hall–Kier alpha value is -2.26. The van der Waals surface area contributed by atoms with Gasteiger partial charge in [0.05, 0.1) is 10.9 Å². The number of carbonyl (C=O) groups is 1. The molecule has 1 saturated carbocycles. The second-order valence-corrected chi connectivity index (χ2v) is 8.96. The number of thioether (sulfide) groups is 1. The summed E-state index contributed by atoms with van der Waals surface area (Å²) in [5, 5.41) is 15.0. The van der Waals surface area contributed by atoms with E-state index in [1.165, 1.54) is 29.5 Å². The molecule has 1 unspecified atom stereocenters. The van der Waals surface area contributed by atoms with E-state index in [4.69, 9.17) is 0 Å². The Labute approximate surface area is 172 Å². The van der Waals surface area contributed by atoms with Crippen LogP contribution in [0.4, 0.5) is 5.13 Å². The first-order valence-corrected chi connectivity index (χ1v) is 11.2. The quantitative estimate of drug-likeness (QED) is 0.568. The molecule has 3 aromatic rings. The third-order valence-corrected chi connectivity index (χ3v) is 6.67. The van der Waals surface area contributed by atoms with E-state index in [1.807, 2.05) is 47.5 Å². The maximum absolute atomic E-state index is 13.4. The lowest BCUT2D eigenvalue weighted by atomic mass is 9.94. The average Bonchev–Trinajstić information content (AvgIpc) is 3.42. The highest BCUT2D eigenvalue weighted by Gasteiger charge is 2.32. The number of thiazole rings is 1. The predicted octanol–water partition coefficient (Wildman–Crippen LogP) is 3.97. The van der Waals surface area contributed by atoms with Crippen molar-refractivity contribution in [3.05, 3.63) is 41.9 Å². The van der Waals surface area contributed by atoms with Gasteiger partial charge in [-0.25, -0.2) is 4.98 Å². The zero-order valence-electron chi connectivity index (χ0n) is 15.6. The van der Waals surface area contributed by atoms with Crippen molar-refractivity contribution in [1.82, 2.24) is 25.2 Å². The number of aromatic nitrogens is 5. The minimum absolute atomic E-state index is 0.0643. The third kappa shape index (κ3) is 4.10. The highest BCUT2D eigenvalue weighted by Crippen LogP contribution is 2.32. The summed E-state index contributed by atoms with van der Waals surface area (Å²) in [6, 6.07) is 9.93. The molecule has 0 bridgehead atoms. The maximum Gasteiger partial charge on any atom is 0.242 e. The van der Waals surface area contributed by atoms with Crippen LogP contribution >= 0.6 is 23.1 Å². The summed E-state index contributed by atoms with van der Waals surface area (Å²) >= 11 is 2.90. The molecule has 2 aromatic heterocycles. The standard InChI is InChI=1S/C19H22N6OS2/c1-14(28-19-21-22-23-25(19)16-10-6-3-7-11-16)17(26)24(18-20-12-13-27-18)15-8-4-2-5-9-15/h3,6-7,10-15H,2,4-5,8-9H2,1H3. The van der Waals surface area contributed by atoms with Crippen LogP contribution in [0.3, 0.4) is 0 Å². The lowest BCUT2D eigenvalue weighted by Crippen LogP contribution is -2.45. The number of nitrogens with zero attached hydrogens (tertiary/aromatic N) is 6. The maximum atomic E-state index is 13.4. The number of hydrogen-bond acceptors (Lipinski definition) is 7. The van der Waals surface area contributed by atoms with E-state index >= 15 is 0 Å². The fourth-order valence-electron chi connectivity index (χ4n) is 3.49. The molecule has 0 saturated heterocycles. The smallest absolute Gasteiger partial charge is 0.242 e. The van der Waals surface area contributed by atoms with Crippen molar-refractivity contribution in [2.24, 2.45) is 0 Å². The number of rotatable bonds is 6. The Kier molecular flexibility index (Phi) is 6.01. The van der Waals surface area contributed by atoms with Gasteiger partial charge in [-0.15, -0.1) is 16.4 Å². The summed E-state index contributed by atoms with van der Waals surface area (Å²) in [6.45, 7) is 1.92. The zero-order chi connectivity index (χ0) is 19.3. The monoisotopic (exact) mass is 414 g/mol. The highest BCUT2D eigenvalue weighted by atomic mass is 32.2. The van der Waals surface area contributed by atoms with Crippen LogP contribution in [-0.4, -0.2) is 42.4 Å². The zero-order valence-corrected chi connectivity index (χ0v) is 17.3. The summed E-state index contributed by atoms with van der Waals surface area (Å²) in [5.74, 6) is 0.0643. The molecule has 9 heteroatoms.